The predicted octanol–water partition coefficient (Wildman–Crippen LogP) is 1.34. The molecule has 0 aromatic heterocycles. The molecule has 6 nitrogen and oxygen atoms in total. The van der Waals surface area contributed by atoms with Crippen molar-refractivity contribution < 1.29 is 28.8 Å². The van der Waals surface area contributed by atoms with E-state index in [1.54, 1.807) is 19.2 Å². The smallest absolute Gasteiger partial charge is 0.231 e. The van der Waals surface area contributed by atoms with E-state index in [2.05, 4.69) is 0 Å². The highest BCUT2D eigenvalue weighted by Gasteiger charge is 2.17. The van der Waals surface area contributed by atoms with Gasteiger partial charge in [0.1, 0.15) is 12.4 Å². The molecule has 1 N–H and O–H groups in total. The van der Waals surface area contributed by atoms with Crippen molar-refractivity contribution >= 4 is 0 Å². The molecule has 0 saturated heterocycles. The lowest BCUT2D eigenvalue weighted by Gasteiger charge is -2.11. The van der Waals surface area contributed by atoms with Gasteiger partial charge >= 0.3 is 0 Å². The summed E-state index contributed by atoms with van der Waals surface area (Å²) in [5, 5.41) is 9.33. The lowest BCUT2D eigenvalue weighted by atomic mass is 10.2. The molecule has 20 heavy (non-hydrogen) atoms. The molecule has 1 aromatic carbocycles. The second kappa shape index (κ2) is 7.94. The van der Waals surface area contributed by atoms with Crippen LogP contribution in [0.25, 0.3) is 0 Å². The normalized spacial score (nSPS) is 12.7. The van der Waals surface area contributed by atoms with E-state index in [0.29, 0.717) is 49.2 Å². The number of methoxy groups -OCH3 is 1. The number of aliphatic hydroxyl groups excluding tert-OH is 1. The number of hydrogen-bond donors (Lipinski definition) is 1. The van der Waals surface area contributed by atoms with Gasteiger partial charge in [0.25, 0.3) is 0 Å². The average molecular weight is 284 g/mol. The number of fused-ring (bicyclic) bond motifs is 1. The van der Waals surface area contributed by atoms with Gasteiger partial charge in [0.2, 0.25) is 6.79 Å². The summed E-state index contributed by atoms with van der Waals surface area (Å²) in [5.41, 5.74) is 0.675. The van der Waals surface area contributed by atoms with Crippen LogP contribution in [0.5, 0.6) is 17.2 Å². The van der Waals surface area contributed by atoms with E-state index in [4.69, 9.17) is 23.7 Å². The van der Waals surface area contributed by atoms with Crippen LogP contribution in [0.2, 0.25) is 0 Å². The molecule has 6 heteroatoms. The number of ether oxygens (including phenoxy) is 5. The molecule has 0 unspecified atom stereocenters. The molecule has 0 fully saturated rings. The van der Waals surface area contributed by atoms with Gasteiger partial charge in [-0.15, -0.1) is 0 Å². The third kappa shape index (κ3) is 4.00. The Bertz CT molecular complexity index is 420. The van der Waals surface area contributed by atoms with Crippen LogP contribution in [0.4, 0.5) is 0 Å². The highest BCUT2D eigenvalue weighted by Crippen LogP contribution is 2.38. The molecule has 1 aliphatic rings. The van der Waals surface area contributed by atoms with Crippen molar-refractivity contribution in [1.82, 2.24) is 0 Å². The third-order valence-corrected chi connectivity index (χ3v) is 2.85. The summed E-state index contributed by atoms with van der Waals surface area (Å²) < 4.78 is 26.5. The molecule has 1 aromatic rings. The topological polar surface area (TPSA) is 66.4 Å². The van der Waals surface area contributed by atoms with Crippen molar-refractivity contribution in [3.8, 4) is 17.2 Å². The molecule has 0 radical (unpaired) electrons. The van der Waals surface area contributed by atoms with Crippen LogP contribution in [0, 0.1) is 0 Å². The first kappa shape index (κ1) is 14.9. The summed E-state index contributed by atoms with van der Waals surface area (Å²) in [6, 6.07) is 3.47. The minimum absolute atomic E-state index is 0.110. The molecular formula is C14H20O6. The highest BCUT2D eigenvalue weighted by atomic mass is 16.7. The van der Waals surface area contributed by atoms with Gasteiger partial charge in [-0.05, 0) is 12.5 Å². The van der Waals surface area contributed by atoms with Gasteiger partial charge in [-0.25, -0.2) is 0 Å². The zero-order valence-corrected chi connectivity index (χ0v) is 11.6. The number of benzene rings is 1. The van der Waals surface area contributed by atoms with Crippen LogP contribution in [0.3, 0.4) is 0 Å². The van der Waals surface area contributed by atoms with E-state index in [-0.39, 0.29) is 13.4 Å². The summed E-state index contributed by atoms with van der Waals surface area (Å²) in [5.74, 6) is 1.87. The van der Waals surface area contributed by atoms with Crippen molar-refractivity contribution in [3.05, 3.63) is 17.7 Å². The van der Waals surface area contributed by atoms with E-state index in [9.17, 15) is 5.11 Å². The molecule has 2 rings (SSSR count). The number of aliphatic hydroxyl groups is 1. The standard InChI is InChI=1S/C14H20O6/c1-16-3-2-4-17-5-6-18-12-8-14-13(19-10-20-14)7-11(12)9-15/h7-8,15H,2-6,9-10H2,1H3. The fraction of sp³-hybridized carbons (Fsp3) is 0.571. The Hall–Kier alpha value is -1.50. The lowest BCUT2D eigenvalue weighted by molar-refractivity contribution is 0.0800. The Kier molecular flexibility index (Phi) is 5.91. The summed E-state index contributed by atoms with van der Waals surface area (Å²) in [4.78, 5) is 0. The maximum Gasteiger partial charge on any atom is 0.231 e. The van der Waals surface area contributed by atoms with Crippen molar-refractivity contribution in [3.63, 3.8) is 0 Å². The SMILES string of the molecule is COCCCOCCOc1cc2c(cc1CO)OCO2. The predicted molar refractivity (Wildman–Crippen MR) is 71.3 cm³/mol. The van der Waals surface area contributed by atoms with Crippen LogP contribution in [-0.4, -0.2) is 45.4 Å². The van der Waals surface area contributed by atoms with E-state index in [1.807, 2.05) is 0 Å². The Morgan fingerprint density at radius 3 is 2.65 bits per heavy atom. The minimum atomic E-state index is -0.110. The van der Waals surface area contributed by atoms with E-state index < -0.39 is 0 Å². The van der Waals surface area contributed by atoms with Gasteiger partial charge in [0, 0.05) is 32.0 Å². The second-order valence-electron chi connectivity index (χ2n) is 4.28. The largest absolute Gasteiger partial charge is 0.491 e. The number of rotatable bonds is 9. The summed E-state index contributed by atoms with van der Waals surface area (Å²) in [7, 11) is 1.67. The molecule has 0 atom stereocenters. The quantitative estimate of drug-likeness (QED) is 0.690. The van der Waals surface area contributed by atoms with Gasteiger partial charge in [-0.2, -0.15) is 0 Å². The molecule has 112 valence electrons. The number of hydrogen-bond acceptors (Lipinski definition) is 6. The van der Waals surface area contributed by atoms with Crippen molar-refractivity contribution in [1.29, 1.82) is 0 Å². The Morgan fingerprint density at radius 1 is 1.10 bits per heavy atom. The molecule has 0 bridgehead atoms. The van der Waals surface area contributed by atoms with Crippen molar-refractivity contribution in [2.24, 2.45) is 0 Å². The van der Waals surface area contributed by atoms with Crippen LogP contribution in [0.15, 0.2) is 12.1 Å². The van der Waals surface area contributed by atoms with E-state index in [0.717, 1.165) is 6.42 Å². The first-order valence-electron chi connectivity index (χ1n) is 6.58. The molecule has 0 amide bonds. The zero-order chi connectivity index (χ0) is 14.2. The van der Waals surface area contributed by atoms with Gasteiger partial charge in [0.05, 0.1) is 13.2 Å². The average Bonchev–Trinajstić information content (AvgIpc) is 2.92. The maximum absolute atomic E-state index is 9.33. The summed E-state index contributed by atoms with van der Waals surface area (Å²) in [6.45, 7) is 2.33. The monoisotopic (exact) mass is 284 g/mol. The van der Waals surface area contributed by atoms with Gasteiger partial charge in [-0.1, -0.05) is 0 Å². The Labute approximate surface area is 118 Å². The minimum Gasteiger partial charge on any atom is -0.491 e. The van der Waals surface area contributed by atoms with Crippen LogP contribution in [-0.2, 0) is 16.1 Å². The summed E-state index contributed by atoms with van der Waals surface area (Å²) in [6.07, 6.45) is 0.864. The fourth-order valence-corrected chi connectivity index (χ4v) is 1.84. The summed E-state index contributed by atoms with van der Waals surface area (Å²) >= 11 is 0. The van der Waals surface area contributed by atoms with Gasteiger partial charge < -0.3 is 28.8 Å². The fourth-order valence-electron chi connectivity index (χ4n) is 1.84. The van der Waals surface area contributed by atoms with Gasteiger partial charge in [0.15, 0.2) is 11.5 Å². The van der Waals surface area contributed by atoms with Crippen LogP contribution >= 0.6 is 0 Å². The molecule has 1 aliphatic heterocycles. The second-order valence-corrected chi connectivity index (χ2v) is 4.28. The first-order valence-corrected chi connectivity index (χ1v) is 6.58. The molecule has 0 saturated carbocycles. The lowest BCUT2D eigenvalue weighted by Crippen LogP contribution is -2.09. The van der Waals surface area contributed by atoms with Gasteiger partial charge in [-0.3, -0.25) is 0 Å². The highest BCUT2D eigenvalue weighted by molar-refractivity contribution is 5.51. The molecular weight excluding hydrogens is 264 g/mol. The maximum atomic E-state index is 9.33. The first-order chi connectivity index (χ1) is 9.85. The van der Waals surface area contributed by atoms with Crippen molar-refractivity contribution in [2.75, 3.05) is 40.3 Å². The molecule has 0 spiro atoms. The van der Waals surface area contributed by atoms with E-state index in [1.165, 1.54) is 0 Å². The van der Waals surface area contributed by atoms with Crippen LogP contribution in [0.1, 0.15) is 12.0 Å². The van der Waals surface area contributed by atoms with E-state index >= 15 is 0 Å². The third-order valence-electron chi connectivity index (χ3n) is 2.85. The Morgan fingerprint density at radius 2 is 1.90 bits per heavy atom. The van der Waals surface area contributed by atoms with Crippen LogP contribution < -0.4 is 14.2 Å². The zero-order valence-electron chi connectivity index (χ0n) is 11.6. The van der Waals surface area contributed by atoms with Crippen molar-refractivity contribution in [2.45, 2.75) is 13.0 Å². The molecule has 1 heterocycles. The molecule has 0 aliphatic carbocycles. The Balaban J connectivity index is 1.77.